The minimum absolute atomic E-state index is 0.0507. The molecule has 0 fully saturated rings. The van der Waals surface area contributed by atoms with Crippen LogP contribution in [0.3, 0.4) is 0 Å². The third kappa shape index (κ3) is 3.42. The van der Waals surface area contributed by atoms with Gasteiger partial charge in [-0.1, -0.05) is 30.3 Å². The zero-order valence-electron chi connectivity index (χ0n) is 16.3. The average molecular weight is 413 g/mol. The Morgan fingerprint density at radius 2 is 1.32 bits per heavy atom. The quantitative estimate of drug-likeness (QED) is 0.505. The van der Waals surface area contributed by atoms with Gasteiger partial charge in [0.25, 0.3) is 11.8 Å². The summed E-state index contributed by atoms with van der Waals surface area (Å²) < 4.78 is 0. The maximum absolute atomic E-state index is 13.0. The fraction of sp³-hybridized carbons (Fsp3) is 0.0417. The van der Waals surface area contributed by atoms with Crippen molar-refractivity contribution in [2.45, 2.75) is 6.92 Å². The number of carbonyl (C=O) groups excluding carboxylic acids is 4. The van der Waals surface area contributed by atoms with Gasteiger partial charge >= 0.3 is 5.97 Å². The number of anilines is 1. The summed E-state index contributed by atoms with van der Waals surface area (Å²) in [6, 6.07) is 15.9. The summed E-state index contributed by atoms with van der Waals surface area (Å²) in [4.78, 5) is 62.2. The largest absolute Gasteiger partial charge is 0.478 e. The molecule has 0 bridgehead atoms. The molecule has 0 saturated heterocycles. The summed E-state index contributed by atoms with van der Waals surface area (Å²) in [6.07, 6.45) is 0. The van der Waals surface area contributed by atoms with Crippen LogP contribution in [0.15, 0.2) is 66.7 Å². The number of imide groups is 1. The second-order valence-electron chi connectivity index (χ2n) is 7.02. The monoisotopic (exact) mass is 413 g/mol. The molecule has 0 atom stereocenters. The lowest BCUT2D eigenvalue weighted by Crippen LogP contribution is -2.29. The first-order valence-electron chi connectivity index (χ1n) is 9.30. The fourth-order valence-corrected chi connectivity index (χ4v) is 3.41. The molecule has 7 heteroatoms. The van der Waals surface area contributed by atoms with E-state index in [0.29, 0.717) is 5.56 Å². The van der Waals surface area contributed by atoms with Gasteiger partial charge in [0.05, 0.1) is 22.4 Å². The second kappa shape index (κ2) is 7.46. The zero-order chi connectivity index (χ0) is 22.3. The van der Waals surface area contributed by atoms with Crippen LogP contribution < -0.4 is 4.90 Å². The molecule has 1 aliphatic rings. The normalized spacial score (nSPS) is 12.6. The number of nitrogens with zero attached hydrogens (tertiary/aromatic N) is 1. The minimum Gasteiger partial charge on any atom is -0.478 e. The van der Waals surface area contributed by atoms with Crippen LogP contribution in [-0.4, -0.2) is 34.5 Å². The highest BCUT2D eigenvalue weighted by Crippen LogP contribution is 2.30. The third-order valence-corrected chi connectivity index (χ3v) is 5.05. The second-order valence-corrected chi connectivity index (χ2v) is 7.02. The number of ketones is 2. The van der Waals surface area contributed by atoms with Crippen LogP contribution in [0.1, 0.15) is 64.3 Å². The van der Waals surface area contributed by atoms with Gasteiger partial charge in [0.1, 0.15) is 0 Å². The molecular formula is C24H15NO6. The number of carboxylic acid groups (broad SMARTS) is 1. The van der Waals surface area contributed by atoms with Crippen LogP contribution >= 0.6 is 0 Å². The van der Waals surface area contributed by atoms with Crippen molar-refractivity contribution < 1.29 is 29.1 Å². The molecule has 0 radical (unpaired) electrons. The number of rotatable bonds is 5. The van der Waals surface area contributed by atoms with Crippen molar-refractivity contribution >= 4 is 35.0 Å². The van der Waals surface area contributed by atoms with Gasteiger partial charge in [0.2, 0.25) is 0 Å². The highest BCUT2D eigenvalue weighted by atomic mass is 16.4. The summed E-state index contributed by atoms with van der Waals surface area (Å²) in [6.45, 7) is 1.39. The predicted molar refractivity (Wildman–Crippen MR) is 111 cm³/mol. The van der Waals surface area contributed by atoms with E-state index in [0.717, 1.165) is 4.90 Å². The summed E-state index contributed by atoms with van der Waals surface area (Å²) >= 11 is 0. The molecule has 0 saturated carbocycles. The topological polar surface area (TPSA) is 109 Å². The zero-order valence-corrected chi connectivity index (χ0v) is 16.3. The lowest BCUT2D eigenvalue weighted by Gasteiger charge is -2.14. The van der Waals surface area contributed by atoms with Crippen LogP contribution in [0.4, 0.5) is 5.69 Å². The summed E-state index contributed by atoms with van der Waals surface area (Å²) in [5.74, 6) is -2.83. The van der Waals surface area contributed by atoms with E-state index < -0.39 is 23.6 Å². The van der Waals surface area contributed by atoms with Gasteiger partial charge in [0, 0.05) is 16.7 Å². The van der Waals surface area contributed by atoms with E-state index in [1.54, 1.807) is 18.2 Å². The molecule has 0 spiro atoms. The van der Waals surface area contributed by atoms with Crippen molar-refractivity contribution in [1.82, 2.24) is 0 Å². The first-order valence-corrected chi connectivity index (χ1v) is 9.30. The Morgan fingerprint density at radius 3 is 1.97 bits per heavy atom. The van der Waals surface area contributed by atoms with E-state index in [1.165, 1.54) is 55.5 Å². The van der Waals surface area contributed by atoms with Crippen LogP contribution in [0.25, 0.3) is 0 Å². The van der Waals surface area contributed by atoms with Crippen molar-refractivity contribution in [2.75, 3.05) is 4.90 Å². The van der Waals surface area contributed by atoms with Gasteiger partial charge in [-0.05, 0) is 43.3 Å². The van der Waals surface area contributed by atoms with E-state index in [9.17, 15) is 24.0 Å². The lowest BCUT2D eigenvalue weighted by molar-refractivity contribution is 0.0695. The van der Waals surface area contributed by atoms with Gasteiger partial charge < -0.3 is 5.11 Å². The Labute approximate surface area is 176 Å². The Kier molecular flexibility index (Phi) is 4.79. The van der Waals surface area contributed by atoms with Crippen molar-refractivity contribution in [3.63, 3.8) is 0 Å². The predicted octanol–water partition coefficient (Wildman–Crippen LogP) is 3.62. The van der Waals surface area contributed by atoms with Gasteiger partial charge in [-0.3, -0.25) is 19.2 Å². The molecular weight excluding hydrogens is 398 g/mol. The molecule has 0 aliphatic carbocycles. The Morgan fingerprint density at radius 1 is 0.710 bits per heavy atom. The van der Waals surface area contributed by atoms with Crippen molar-refractivity contribution in [2.24, 2.45) is 0 Å². The number of carboxylic acids is 1. The highest BCUT2D eigenvalue weighted by Gasteiger charge is 2.37. The number of fused-ring (bicyclic) bond motifs is 1. The molecule has 0 unspecified atom stereocenters. The Hall–Kier alpha value is -4.39. The minimum atomic E-state index is -1.10. The number of benzene rings is 3. The summed E-state index contributed by atoms with van der Waals surface area (Å²) in [5, 5.41) is 8.98. The van der Waals surface area contributed by atoms with Crippen molar-refractivity contribution in [1.29, 1.82) is 0 Å². The number of amides is 2. The number of hydrogen-bond donors (Lipinski definition) is 1. The van der Waals surface area contributed by atoms with Crippen molar-refractivity contribution in [3.8, 4) is 0 Å². The standard InChI is InChI=1S/C24H15NO6/c1-13(26)16-3-2-4-18(11-16)25-22(28)19-10-9-17(12-20(19)23(25)29)21(27)14-5-7-15(8-6-14)24(30)31/h2-12H,1H3,(H,30,31). The summed E-state index contributed by atoms with van der Waals surface area (Å²) in [7, 11) is 0. The van der Waals surface area contributed by atoms with E-state index in [1.807, 2.05) is 0 Å². The average Bonchev–Trinajstić information content (AvgIpc) is 3.03. The molecule has 31 heavy (non-hydrogen) atoms. The molecule has 2 amide bonds. The van der Waals surface area contributed by atoms with Crippen molar-refractivity contribution in [3.05, 3.63) is 100 Å². The first kappa shape index (κ1) is 19.9. The third-order valence-electron chi connectivity index (χ3n) is 5.05. The smallest absolute Gasteiger partial charge is 0.335 e. The maximum Gasteiger partial charge on any atom is 0.335 e. The van der Waals surface area contributed by atoms with Gasteiger partial charge in [-0.2, -0.15) is 0 Å². The van der Waals surface area contributed by atoms with Gasteiger partial charge in [0.15, 0.2) is 11.6 Å². The van der Waals surface area contributed by atoms with Gasteiger partial charge in [-0.15, -0.1) is 0 Å². The Bertz CT molecular complexity index is 1290. The number of hydrogen-bond acceptors (Lipinski definition) is 5. The molecule has 1 heterocycles. The van der Waals surface area contributed by atoms with E-state index >= 15 is 0 Å². The van der Waals surface area contributed by atoms with E-state index in [4.69, 9.17) is 5.11 Å². The van der Waals surface area contributed by atoms with Crippen LogP contribution in [-0.2, 0) is 0 Å². The lowest BCUT2D eigenvalue weighted by atomic mass is 9.98. The first-order chi connectivity index (χ1) is 14.8. The molecule has 3 aromatic carbocycles. The molecule has 7 nitrogen and oxygen atoms in total. The molecule has 3 aromatic rings. The SMILES string of the molecule is CC(=O)c1cccc(N2C(=O)c3ccc(C(=O)c4ccc(C(=O)O)cc4)cc3C2=O)c1. The van der Waals surface area contributed by atoms with Gasteiger partial charge in [-0.25, -0.2) is 9.69 Å². The number of carbonyl (C=O) groups is 5. The highest BCUT2D eigenvalue weighted by molar-refractivity contribution is 6.35. The number of Topliss-reactive ketones (excluding diaryl/α,β-unsaturated/α-hetero) is 1. The molecule has 4 rings (SSSR count). The van der Waals surface area contributed by atoms with Crippen LogP contribution in [0.5, 0.6) is 0 Å². The van der Waals surface area contributed by atoms with E-state index in [-0.39, 0.29) is 39.3 Å². The number of aromatic carboxylic acids is 1. The van der Waals surface area contributed by atoms with Crippen LogP contribution in [0.2, 0.25) is 0 Å². The molecule has 1 N–H and O–H groups in total. The van der Waals surface area contributed by atoms with Crippen LogP contribution in [0, 0.1) is 0 Å². The Balaban J connectivity index is 1.68. The molecule has 0 aromatic heterocycles. The molecule has 1 aliphatic heterocycles. The fourth-order valence-electron chi connectivity index (χ4n) is 3.41. The molecule has 152 valence electrons. The maximum atomic E-state index is 13.0. The summed E-state index contributed by atoms with van der Waals surface area (Å²) in [5.41, 5.74) is 1.40. The van der Waals surface area contributed by atoms with E-state index in [2.05, 4.69) is 0 Å².